The van der Waals surface area contributed by atoms with E-state index < -0.39 is 17.2 Å². The monoisotopic (exact) mass is 431 g/mol. The van der Waals surface area contributed by atoms with Crippen molar-refractivity contribution >= 4 is 17.0 Å². The number of benzene rings is 2. The zero-order valence-electron chi connectivity index (χ0n) is 17.4. The highest BCUT2D eigenvalue weighted by Crippen LogP contribution is 2.12. The second-order valence-corrected chi connectivity index (χ2v) is 7.13. The summed E-state index contributed by atoms with van der Waals surface area (Å²) in [4.78, 5) is 42.8. The van der Waals surface area contributed by atoms with Crippen molar-refractivity contribution in [3.63, 3.8) is 0 Å². The number of rotatable bonds is 7. The Morgan fingerprint density at radius 1 is 0.906 bits per heavy atom. The molecule has 0 bridgehead atoms. The van der Waals surface area contributed by atoms with Gasteiger partial charge in [0, 0.05) is 6.20 Å². The maximum atomic E-state index is 13.2. The summed E-state index contributed by atoms with van der Waals surface area (Å²) >= 11 is 0. The number of carbonyl (C=O) groups is 1. The van der Waals surface area contributed by atoms with Gasteiger partial charge in [0.15, 0.2) is 5.52 Å². The molecule has 0 N–H and O–H groups in total. The third kappa shape index (κ3) is 4.44. The molecular formula is C24H21N3O5. The number of pyridine rings is 1. The van der Waals surface area contributed by atoms with Crippen LogP contribution in [-0.2, 0) is 29.2 Å². The molecule has 8 heteroatoms. The lowest BCUT2D eigenvalue weighted by molar-refractivity contribution is -0.145. The molecule has 0 fully saturated rings. The highest BCUT2D eigenvalue weighted by molar-refractivity contribution is 5.76. The van der Waals surface area contributed by atoms with Gasteiger partial charge in [0.1, 0.15) is 18.9 Å². The van der Waals surface area contributed by atoms with E-state index in [2.05, 4.69) is 4.98 Å². The van der Waals surface area contributed by atoms with Crippen LogP contribution in [0, 0.1) is 0 Å². The van der Waals surface area contributed by atoms with E-state index in [4.69, 9.17) is 9.47 Å². The van der Waals surface area contributed by atoms with E-state index in [0.717, 1.165) is 15.7 Å². The van der Waals surface area contributed by atoms with Gasteiger partial charge >= 0.3 is 11.7 Å². The third-order valence-electron chi connectivity index (χ3n) is 5.02. The average molecular weight is 431 g/mol. The molecule has 2 aromatic heterocycles. The van der Waals surface area contributed by atoms with Crippen LogP contribution in [0.15, 0.2) is 82.5 Å². The predicted molar refractivity (Wildman–Crippen MR) is 119 cm³/mol. The Morgan fingerprint density at radius 3 is 2.38 bits per heavy atom. The van der Waals surface area contributed by atoms with E-state index in [0.29, 0.717) is 5.75 Å². The van der Waals surface area contributed by atoms with Crippen molar-refractivity contribution in [3.8, 4) is 5.75 Å². The molecule has 0 unspecified atom stereocenters. The van der Waals surface area contributed by atoms with Crippen LogP contribution in [0.1, 0.15) is 11.1 Å². The van der Waals surface area contributed by atoms with Crippen molar-refractivity contribution in [3.05, 3.63) is 105 Å². The Bertz CT molecular complexity index is 1360. The SMILES string of the molecule is COc1ccc(Cn2c(=O)c3ncccc3n(CC(=O)OCc3ccccc3)c2=O)cc1. The van der Waals surface area contributed by atoms with E-state index in [9.17, 15) is 14.4 Å². The summed E-state index contributed by atoms with van der Waals surface area (Å²) in [7, 11) is 1.56. The van der Waals surface area contributed by atoms with E-state index in [-0.39, 0.29) is 30.7 Å². The molecule has 0 aliphatic rings. The Labute approximate surface area is 183 Å². The van der Waals surface area contributed by atoms with Crippen molar-refractivity contribution in [2.75, 3.05) is 7.11 Å². The maximum Gasteiger partial charge on any atom is 0.332 e. The molecule has 8 nitrogen and oxygen atoms in total. The van der Waals surface area contributed by atoms with Gasteiger partial charge in [0.25, 0.3) is 5.56 Å². The molecule has 0 saturated carbocycles. The number of hydrogen-bond acceptors (Lipinski definition) is 6. The number of methoxy groups -OCH3 is 1. The molecule has 0 aliphatic heterocycles. The first kappa shape index (κ1) is 21.0. The molecule has 4 rings (SSSR count). The Hall–Kier alpha value is -4.20. The van der Waals surface area contributed by atoms with Gasteiger partial charge in [-0.25, -0.2) is 9.78 Å². The first-order valence-electron chi connectivity index (χ1n) is 9.97. The van der Waals surface area contributed by atoms with Crippen molar-refractivity contribution in [1.29, 1.82) is 0 Å². The van der Waals surface area contributed by atoms with E-state index >= 15 is 0 Å². The number of fused-ring (bicyclic) bond motifs is 1. The van der Waals surface area contributed by atoms with Gasteiger partial charge in [-0.1, -0.05) is 42.5 Å². The zero-order chi connectivity index (χ0) is 22.5. The van der Waals surface area contributed by atoms with Crippen molar-refractivity contribution in [2.45, 2.75) is 19.7 Å². The van der Waals surface area contributed by atoms with Gasteiger partial charge in [-0.15, -0.1) is 0 Å². The van der Waals surface area contributed by atoms with Gasteiger partial charge < -0.3 is 9.47 Å². The molecule has 2 aromatic carbocycles. The van der Waals surface area contributed by atoms with Crippen LogP contribution in [0.2, 0.25) is 0 Å². The molecule has 0 saturated heterocycles. The summed E-state index contributed by atoms with van der Waals surface area (Å²) in [5.41, 5.74) is 0.836. The quantitative estimate of drug-likeness (QED) is 0.417. The first-order chi connectivity index (χ1) is 15.6. The lowest BCUT2D eigenvalue weighted by Gasteiger charge is -2.13. The van der Waals surface area contributed by atoms with Gasteiger partial charge in [0.2, 0.25) is 0 Å². The van der Waals surface area contributed by atoms with Gasteiger partial charge in [-0.3, -0.25) is 18.7 Å². The highest BCUT2D eigenvalue weighted by atomic mass is 16.5. The third-order valence-corrected chi connectivity index (χ3v) is 5.02. The topological polar surface area (TPSA) is 92.4 Å². The second kappa shape index (κ2) is 9.30. The van der Waals surface area contributed by atoms with Crippen molar-refractivity contribution in [2.24, 2.45) is 0 Å². The second-order valence-electron chi connectivity index (χ2n) is 7.13. The molecule has 0 radical (unpaired) electrons. The molecule has 4 aromatic rings. The lowest BCUT2D eigenvalue weighted by Crippen LogP contribution is -2.41. The van der Waals surface area contributed by atoms with Gasteiger partial charge in [-0.2, -0.15) is 0 Å². The lowest BCUT2D eigenvalue weighted by atomic mass is 10.2. The van der Waals surface area contributed by atoms with Crippen LogP contribution in [0.3, 0.4) is 0 Å². The number of nitrogens with zero attached hydrogens (tertiary/aromatic N) is 3. The molecule has 162 valence electrons. The number of esters is 1. The fourth-order valence-corrected chi connectivity index (χ4v) is 3.36. The Balaban J connectivity index is 1.67. The molecule has 0 atom stereocenters. The normalized spacial score (nSPS) is 10.8. The standard InChI is InChI=1S/C24H21N3O5/c1-31-19-11-9-17(10-12-19)14-27-23(29)22-20(8-5-13-25-22)26(24(27)30)15-21(28)32-16-18-6-3-2-4-7-18/h2-13H,14-16H2,1H3. The number of ether oxygens (including phenoxy) is 2. The minimum Gasteiger partial charge on any atom is -0.497 e. The minimum atomic E-state index is -0.608. The van der Waals surface area contributed by atoms with Crippen LogP contribution in [-0.4, -0.2) is 27.2 Å². The van der Waals surface area contributed by atoms with Crippen molar-refractivity contribution < 1.29 is 14.3 Å². The van der Waals surface area contributed by atoms with E-state index in [1.54, 1.807) is 43.5 Å². The van der Waals surface area contributed by atoms with Crippen LogP contribution < -0.4 is 16.0 Å². The summed E-state index contributed by atoms with van der Waals surface area (Å²) in [5, 5.41) is 0. The maximum absolute atomic E-state index is 13.2. The summed E-state index contributed by atoms with van der Waals surface area (Å²) in [6.45, 7) is -0.208. The number of carbonyl (C=O) groups excluding carboxylic acids is 1. The zero-order valence-corrected chi connectivity index (χ0v) is 17.4. The molecule has 2 heterocycles. The first-order valence-corrected chi connectivity index (χ1v) is 9.97. The predicted octanol–water partition coefficient (Wildman–Crippen LogP) is 2.36. The molecule has 0 spiro atoms. The fraction of sp³-hybridized carbons (Fsp3) is 0.167. The summed E-state index contributed by atoms with van der Waals surface area (Å²) in [5.74, 6) is 0.0793. The van der Waals surface area contributed by atoms with Crippen LogP contribution in [0.4, 0.5) is 0 Å². The summed E-state index contributed by atoms with van der Waals surface area (Å²) in [6.07, 6.45) is 1.48. The van der Waals surface area contributed by atoms with Gasteiger partial charge in [0.05, 0.1) is 19.2 Å². The summed E-state index contributed by atoms with van der Waals surface area (Å²) in [6, 6.07) is 19.5. The number of aromatic nitrogens is 3. The smallest absolute Gasteiger partial charge is 0.332 e. The summed E-state index contributed by atoms with van der Waals surface area (Å²) < 4.78 is 12.8. The molecule has 32 heavy (non-hydrogen) atoms. The highest BCUT2D eigenvalue weighted by Gasteiger charge is 2.17. The Kier molecular flexibility index (Phi) is 6.12. The van der Waals surface area contributed by atoms with Gasteiger partial charge in [-0.05, 0) is 35.4 Å². The van der Waals surface area contributed by atoms with E-state index in [1.807, 2.05) is 30.3 Å². The molecule has 0 aliphatic carbocycles. The minimum absolute atomic E-state index is 0.0350. The molecular weight excluding hydrogens is 410 g/mol. The Morgan fingerprint density at radius 2 is 1.66 bits per heavy atom. The van der Waals surface area contributed by atoms with E-state index in [1.165, 1.54) is 10.8 Å². The largest absolute Gasteiger partial charge is 0.497 e. The molecule has 0 amide bonds. The number of hydrogen-bond donors (Lipinski definition) is 0. The van der Waals surface area contributed by atoms with Crippen molar-refractivity contribution in [1.82, 2.24) is 14.1 Å². The van der Waals surface area contributed by atoms with Crippen LogP contribution >= 0.6 is 0 Å². The van der Waals surface area contributed by atoms with Crippen LogP contribution in [0.25, 0.3) is 11.0 Å². The van der Waals surface area contributed by atoms with Crippen LogP contribution in [0.5, 0.6) is 5.75 Å². The fourth-order valence-electron chi connectivity index (χ4n) is 3.36. The average Bonchev–Trinajstić information content (AvgIpc) is 2.84.